The van der Waals surface area contributed by atoms with Crippen LogP contribution in [0.25, 0.3) is 0 Å². The molecule has 0 unspecified atom stereocenters. The first-order valence-corrected chi connectivity index (χ1v) is 12.4. The molecule has 0 spiro atoms. The molecule has 0 bridgehead atoms. The second-order valence-corrected chi connectivity index (χ2v) is 8.46. The Balaban J connectivity index is -0.000000147. The number of aliphatic carboxylic acids is 4. The van der Waals surface area contributed by atoms with E-state index in [4.69, 9.17) is 0 Å². The molecule has 16 nitrogen and oxygen atoms in total. The van der Waals surface area contributed by atoms with Gasteiger partial charge in [0.05, 0.1) is 25.7 Å². The second-order valence-electron chi connectivity index (χ2n) is 8.46. The molecular formula is C28H32IrO16. The van der Waals surface area contributed by atoms with Crippen molar-refractivity contribution in [2.24, 2.45) is 0 Å². The molecule has 0 atom stereocenters. The van der Waals surface area contributed by atoms with Crippen molar-refractivity contribution in [3.05, 3.63) is 24.3 Å². The molecular weight excluding hydrogens is 785 g/mol. The summed E-state index contributed by atoms with van der Waals surface area (Å²) in [6.07, 6.45) is 11.7. The zero-order valence-corrected chi connectivity index (χ0v) is 27.2. The summed E-state index contributed by atoms with van der Waals surface area (Å²) in [6, 6.07) is 0. The first-order valence-electron chi connectivity index (χ1n) is 12.4. The summed E-state index contributed by atoms with van der Waals surface area (Å²) in [4.78, 5) is 119. The average molecular weight is 817 g/mol. The molecule has 0 amide bonds. The van der Waals surface area contributed by atoms with Gasteiger partial charge in [0.15, 0.2) is 23.1 Å². The van der Waals surface area contributed by atoms with Crippen LogP contribution in [-0.4, -0.2) is 70.1 Å². The summed E-state index contributed by atoms with van der Waals surface area (Å²) >= 11 is 0. The van der Waals surface area contributed by atoms with Gasteiger partial charge in [-0.1, -0.05) is 24.3 Å². The molecule has 17 heteroatoms. The number of carboxylic acids is 4. The molecule has 0 fully saturated rings. The van der Waals surface area contributed by atoms with E-state index in [0.717, 1.165) is 27.7 Å². The van der Waals surface area contributed by atoms with Crippen LogP contribution in [0, 0.1) is 0 Å². The molecule has 1 rings (SSSR count). The van der Waals surface area contributed by atoms with Crippen LogP contribution in [0.15, 0.2) is 24.3 Å². The van der Waals surface area contributed by atoms with Crippen LogP contribution < -0.4 is 20.4 Å². The van der Waals surface area contributed by atoms with Crippen molar-refractivity contribution in [1.82, 2.24) is 0 Å². The Morgan fingerprint density at radius 1 is 0.378 bits per heavy atom. The van der Waals surface area contributed by atoms with Gasteiger partial charge in [-0.3, -0.25) is 38.4 Å². The molecule has 1 radical (unpaired) electrons. The van der Waals surface area contributed by atoms with Crippen molar-refractivity contribution < 1.29 is 98.1 Å². The van der Waals surface area contributed by atoms with Gasteiger partial charge < -0.3 is 39.6 Å². The van der Waals surface area contributed by atoms with Crippen LogP contribution in [0.4, 0.5) is 0 Å². The van der Waals surface area contributed by atoms with Gasteiger partial charge in [0.25, 0.3) is 0 Å². The van der Waals surface area contributed by atoms with Gasteiger partial charge >= 0.3 is 20.1 Å². The quantitative estimate of drug-likeness (QED) is 0.102. The van der Waals surface area contributed by atoms with Gasteiger partial charge in [0.1, 0.15) is 47.0 Å². The molecule has 0 aromatic carbocycles. The molecule has 0 aromatic heterocycles. The fourth-order valence-electron chi connectivity index (χ4n) is 2.05. The number of carboxylic acid groups (broad SMARTS) is 4. The number of Topliss-reactive ketones (excluding diaryl/α,β-unsaturated/α-hetero) is 8. The Morgan fingerprint density at radius 3 is 0.578 bits per heavy atom. The van der Waals surface area contributed by atoms with Gasteiger partial charge in [-0.05, 0) is 53.4 Å². The maximum atomic E-state index is 10.1. The summed E-state index contributed by atoms with van der Waals surface area (Å²) in [7, 11) is 0. The predicted octanol–water partition coefficient (Wildman–Crippen LogP) is -4.19. The smallest absolute Gasteiger partial charge is 0.542 e. The normalized spacial score (nSPS) is 11.8. The van der Waals surface area contributed by atoms with E-state index in [1.807, 2.05) is 0 Å². The Kier molecular flexibility index (Phi) is 34.3. The van der Waals surface area contributed by atoms with Crippen LogP contribution in [0.3, 0.4) is 0 Å². The van der Waals surface area contributed by atoms with Crippen LogP contribution in [0.5, 0.6) is 0 Å². The van der Waals surface area contributed by atoms with Gasteiger partial charge in [0.2, 0.25) is 0 Å². The zero-order valence-electron chi connectivity index (χ0n) is 24.8. The summed E-state index contributed by atoms with van der Waals surface area (Å²) in [6.45, 7) is 4.56. The summed E-state index contributed by atoms with van der Waals surface area (Å²) < 4.78 is 0. The topological polar surface area (TPSA) is 297 Å². The Labute approximate surface area is 271 Å². The number of rotatable bonds is 12. The predicted molar refractivity (Wildman–Crippen MR) is 138 cm³/mol. The molecule has 0 aliphatic heterocycles. The van der Waals surface area contributed by atoms with E-state index in [-0.39, 0.29) is 20.1 Å². The molecule has 1 aliphatic carbocycles. The monoisotopic (exact) mass is 817 g/mol. The average Bonchev–Trinajstić information content (AvgIpc) is 2.83. The molecule has 0 aromatic rings. The van der Waals surface area contributed by atoms with Crippen LogP contribution in [-0.2, 0) is 77.6 Å². The van der Waals surface area contributed by atoms with Crippen molar-refractivity contribution in [3.8, 4) is 0 Å². The standard InChI is InChI=1S/C8H12.4C5H6O4.Ir/c1-2-4-6-8-7-5-3-1;4*1-3(6)2-4(7)5(8)9;/h1-2,7-8H,3-6H2;4*2H2,1H3,(H,8,9);/q;;;;;+4/p-4/b2-1-,8-7-;;;;;. The fraction of sp³-hybridized carbons (Fsp3) is 0.429. The third-order valence-corrected chi connectivity index (χ3v) is 3.88. The van der Waals surface area contributed by atoms with Gasteiger partial charge in [0, 0.05) is 0 Å². The van der Waals surface area contributed by atoms with Gasteiger partial charge in [-0.2, -0.15) is 0 Å². The minimum Gasteiger partial charge on any atom is -0.542 e. The summed E-state index contributed by atoms with van der Waals surface area (Å²) in [5.41, 5.74) is 0. The fourth-order valence-corrected chi connectivity index (χ4v) is 2.05. The molecule has 0 saturated carbocycles. The van der Waals surface area contributed by atoms with E-state index in [2.05, 4.69) is 24.3 Å². The summed E-state index contributed by atoms with van der Waals surface area (Å²) in [5, 5.41) is 38.5. The van der Waals surface area contributed by atoms with E-state index in [1.54, 1.807) is 0 Å². The van der Waals surface area contributed by atoms with E-state index in [9.17, 15) is 78.0 Å². The van der Waals surface area contributed by atoms with E-state index < -0.39 is 95.8 Å². The minimum atomic E-state index is -1.80. The van der Waals surface area contributed by atoms with Crippen LogP contribution >= 0.6 is 0 Å². The Hall–Kier alpha value is -4.63. The largest absolute Gasteiger partial charge is 4.00 e. The molecule has 45 heavy (non-hydrogen) atoms. The molecule has 0 saturated heterocycles. The van der Waals surface area contributed by atoms with Gasteiger partial charge in [-0.25, -0.2) is 0 Å². The maximum Gasteiger partial charge on any atom is 4.00 e. The van der Waals surface area contributed by atoms with Gasteiger partial charge in [-0.15, -0.1) is 0 Å². The van der Waals surface area contributed by atoms with Crippen molar-refractivity contribution >= 4 is 70.1 Å². The summed E-state index contributed by atoms with van der Waals surface area (Å²) in [5.74, 6) is -13.7. The van der Waals surface area contributed by atoms with E-state index >= 15 is 0 Å². The van der Waals surface area contributed by atoms with Crippen molar-refractivity contribution in [2.75, 3.05) is 0 Å². The third-order valence-electron chi connectivity index (χ3n) is 3.88. The zero-order chi connectivity index (χ0) is 35.4. The van der Waals surface area contributed by atoms with E-state index in [1.165, 1.54) is 25.7 Å². The number of allylic oxidation sites excluding steroid dienone is 4. The SMILES string of the molecule is C1=C\CC/C=C\CC/1.CC(=O)CC(=O)C(=O)[O-].CC(=O)CC(=O)C(=O)[O-].CC(=O)CC(=O)C(=O)[O-].CC(=O)CC(=O)C(=O)[O-].[Ir+4]. The third kappa shape index (κ3) is 43.9. The molecule has 249 valence electrons. The Bertz CT molecular complexity index is 983. The maximum absolute atomic E-state index is 10.1. The second kappa shape index (κ2) is 30.8. The van der Waals surface area contributed by atoms with Crippen molar-refractivity contribution in [3.63, 3.8) is 0 Å². The number of ketones is 8. The first kappa shape index (κ1) is 50.0. The number of carbonyl (C=O) groups is 12. The molecule has 1 aliphatic rings. The molecule has 0 N–H and O–H groups in total. The van der Waals surface area contributed by atoms with Crippen LogP contribution in [0.2, 0.25) is 0 Å². The number of hydrogen-bond donors (Lipinski definition) is 0. The number of carbonyl (C=O) groups excluding carboxylic acids is 12. The van der Waals surface area contributed by atoms with E-state index in [0.29, 0.717) is 0 Å². The minimum absolute atomic E-state index is 0. The first-order chi connectivity index (χ1) is 20.1. The Morgan fingerprint density at radius 2 is 0.511 bits per heavy atom. The van der Waals surface area contributed by atoms with Crippen molar-refractivity contribution in [1.29, 1.82) is 0 Å². The number of hydrogen-bond acceptors (Lipinski definition) is 16. The van der Waals surface area contributed by atoms with Crippen molar-refractivity contribution in [2.45, 2.75) is 79.1 Å². The molecule has 0 heterocycles. The van der Waals surface area contributed by atoms with Crippen LogP contribution in [0.1, 0.15) is 79.1 Å².